The Morgan fingerprint density at radius 1 is 0.450 bits per heavy atom. The molecule has 98 valence electrons. The average Bonchev–Trinajstić information content (AvgIpc) is 2.47. The summed E-state index contributed by atoms with van der Waals surface area (Å²) in [5, 5.41) is 0. The van der Waals surface area contributed by atoms with Gasteiger partial charge in [0, 0.05) is 0 Å². The van der Waals surface area contributed by atoms with Crippen LogP contribution in [0.4, 0.5) is 0 Å². The van der Waals surface area contributed by atoms with E-state index in [0.29, 0.717) is 0 Å². The summed E-state index contributed by atoms with van der Waals surface area (Å²) in [6, 6.07) is 26.0. The molecule has 0 saturated carbocycles. The third kappa shape index (κ3) is 2.65. The van der Waals surface area contributed by atoms with Crippen molar-refractivity contribution in [2.24, 2.45) is 0 Å². The Morgan fingerprint density at radius 2 is 0.900 bits per heavy atom. The van der Waals surface area contributed by atoms with Gasteiger partial charge in [0.15, 0.2) is 0 Å². The Kier molecular flexibility index (Phi) is 3.39. The minimum atomic E-state index is 1.26. The molecule has 0 heterocycles. The fourth-order valence-corrected chi connectivity index (χ4v) is 2.63. The molecule has 3 aromatic carbocycles. The van der Waals surface area contributed by atoms with Crippen molar-refractivity contribution in [1.29, 1.82) is 0 Å². The summed E-state index contributed by atoms with van der Waals surface area (Å²) in [7, 11) is 0. The molecule has 0 aliphatic carbocycles. The van der Waals surface area contributed by atoms with Gasteiger partial charge in [0.2, 0.25) is 0 Å². The topological polar surface area (TPSA) is 0 Å². The number of hydrogen-bond acceptors (Lipinski definition) is 0. The first-order valence-electron chi connectivity index (χ1n) is 6.96. The third-order valence-electron chi connectivity index (χ3n) is 3.55. The monoisotopic (exact) mass is 258 g/mol. The maximum Gasteiger partial charge on any atom is -0.0179 e. The maximum atomic E-state index is 2.24. The summed E-state index contributed by atoms with van der Waals surface area (Å²) < 4.78 is 0. The Hall–Kier alpha value is -2.34. The van der Waals surface area contributed by atoms with Crippen molar-refractivity contribution in [3.05, 3.63) is 83.9 Å². The zero-order valence-corrected chi connectivity index (χ0v) is 11.9. The van der Waals surface area contributed by atoms with E-state index < -0.39 is 0 Å². The first-order chi connectivity index (χ1) is 9.72. The van der Waals surface area contributed by atoms with Crippen molar-refractivity contribution in [3.63, 3.8) is 0 Å². The second-order valence-corrected chi connectivity index (χ2v) is 5.32. The van der Waals surface area contributed by atoms with Gasteiger partial charge in [-0.3, -0.25) is 0 Å². The fourth-order valence-electron chi connectivity index (χ4n) is 2.63. The molecular weight excluding hydrogens is 240 g/mol. The predicted octanol–water partition coefficient (Wildman–Crippen LogP) is 5.64. The maximum absolute atomic E-state index is 2.24. The molecule has 0 spiro atoms. The molecule has 0 aromatic heterocycles. The van der Waals surface area contributed by atoms with Gasteiger partial charge >= 0.3 is 0 Å². The molecule has 0 aliphatic rings. The highest BCUT2D eigenvalue weighted by Gasteiger charge is 2.01. The summed E-state index contributed by atoms with van der Waals surface area (Å²) >= 11 is 0. The van der Waals surface area contributed by atoms with Crippen LogP contribution in [0.2, 0.25) is 0 Å². The molecule has 0 amide bonds. The molecule has 0 atom stereocenters. The summed E-state index contributed by atoms with van der Waals surface area (Å²) in [5.41, 5.74) is 7.72. The fraction of sp³-hybridized carbons (Fsp3) is 0.100. The minimum absolute atomic E-state index is 1.26. The molecule has 20 heavy (non-hydrogen) atoms. The normalized spacial score (nSPS) is 10.5. The molecule has 0 aliphatic heterocycles. The zero-order chi connectivity index (χ0) is 13.9. The van der Waals surface area contributed by atoms with Gasteiger partial charge in [-0.15, -0.1) is 0 Å². The average molecular weight is 258 g/mol. The van der Waals surface area contributed by atoms with Crippen LogP contribution >= 0.6 is 0 Å². The number of aryl methyl sites for hydroxylation is 2. The molecule has 3 rings (SSSR count). The van der Waals surface area contributed by atoms with Gasteiger partial charge in [-0.25, -0.2) is 0 Å². The standard InChI is InChI=1S/C20H18/c1-15-12-16(2)14-20(13-15)19-10-8-18(9-11-19)17-6-4-3-5-7-17/h3-14H,1-2H3. The molecule has 0 N–H and O–H groups in total. The Labute approximate surface area is 120 Å². The highest BCUT2D eigenvalue weighted by Crippen LogP contribution is 2.26. The largest absolute Gasteiger partial charge is 0.0622 e. The summed E-state index contributed by atoms with van der Waals surface area (Å²) in [4.78, 5) is 0. The first kappa shape index (κ1) is 12.7. The lowest BCUT2D eigenvalue weighted by molar-refractivity contribution is 1.38. The smallest absolute Gasteiger partial charge is 0.0179 e. The van der Waals surface area contributed by atoms with Crippen LogP contribution < -0.4 is 0 Å². The van der Waals surface area contributed by atoms with Crippen molar-refractivity contribution in [2.75, 3.05) is 0 Å². The molecule has 0 fully saturated rings. The number of rotatable bonds is 2. The van der Waals surface area contributed by atoms with E-state index in [4.69, 9.17) is 0 Å². The van der Waals surface area contributed by atoms with Crippen LogP contribution in [0.15, 0.2) is 72.8 Å². The second-order valence-electron chi connectivity index (χ2n) is 5.32. The Balaban J connectivity index is 1.97. The van der Waals surface area contributed by atoms with E-state index >= 15 is 0 Å². The Morgan fingerprint density at radius 3 is 1.45 bits per heavy atom. The highest BCUT2D eigenvalue weighted by molar-refractivity contribution is 5.71. The van der Waals surface area contributed by atoms with Gasteiger partial charge in [0.1, 0.15) is 0 Å². The zero-order valence-electron chi connectivity index (χ0n) is 11.9. The molecule has 0 saturated heterocycles. The van der Waals surface area contributed by atoms with E-state index in [1.54, 1.807) is 0 Å². The quantitative estimate of drug-likeness (QED) is 0.558. The van der Waals surface area contributed by atoms with Crippen molar-refractivity contribution < 1.29 is 0 Å². The predicted molar refractivity (Wildman–Crippen MR) is 86.8 cm³/mol. The van der Waals surface area contributed by atoms with Gasteiger partial charge in [-0.2, -0.15) is 0 Å². The van der Waals surface area contributed by atoms with Crippen LogP contribution in [0, 0.1) is 13.8 Å². The lowest BCUT2D eigenvalue weighted by atomic mass is 9.98. The van der Waals surface area contributed by atoms with Crippen LogP contribution in [0.1, 0.15) is 11.1 Å². The SMILES string of the molecule is Cc1cc(C)cc(-c2ccc(-c3ccccc3)cc2)c1. The van der Waals surface area contributed by atoms with E-state index in [1.165, 1.54) is 33.4 Å². The van der Waals surface area contributed by atoms with Crippen molar-refractivity contribution >= 4 is 0 Å². The van der Waals surface area contributed by atoms with Gasteiger partial charge in [-0.05, 0) is 36.1 Å². The van der Waals surface area contributed by atoms with Gasteiger partial charge < -0.3 is 0 Å². The summed E-state index contributed by atoms with van der Waals surface area (Å²) in [5.74, 6) is 0. The minimum Gasteiger partial charge on any atom is -0.0622 e. The first-order valence-corrected chi connectivity index (χ1v) is 6.96. The van der Waals surface area contributed by atoms with E-state index in [9.17, 15) is 0 Å². The van der Waals surface area contributed by atoms with Crippen molar-refractivity contribution in [2.45, 2.75) is 13.8 Å². The van der Waals surface area contributed by atoms with E-state index in [-0.39, 0.29) is 0 Å². The van der Waals surface area contributed by atoms with Crippen LogP contribution in [0.3, 0.4) is 0 Å². The van der Waals surface area contributed by atoms with E-state index in [1.807, 2.05) is 6.07 Å². The molecular formula is C20H18. The number of benzene rings is 3. The summed E-state index contributed by atoms with van der Waals surface area (Å²) in [6.45, 7) is 4.30. The molecule has 0 nitrogen and oxygen atoms in total. The van der Waals surface area contributed by atoms with Gasteiger partial charge in [0.25, 0.3) is 0 Å². The Bertz CT molecular complexity index is 687. The lowest BCUT2D eigenvalue weighted by Crippen LogP contribution is -1.83. The van der Waals surface area contributed by atoms with Crippen molar-refractivity contribution in [1.82, 2.24) is 0 Å². The van der Waals surface area contributed by atoms with Gasteiger partial charge in [-0.1, -0.05) is 83.9 Å². The molecule has 0 unspecified atom stereocenters. The molecule has 3 aromatic rings. The summed E-state index contributed by atoms with van der Waals surface area (Å²) in [6.07, 6.45) is 0. The number of hydrogen-bond donors (Lipinski definition) is 0. The van der Waals surface area contributed by atoms with Crippen LogP contribution in [0.5, 0.6) is 0 Å². The van der Waals surface area contributed by atoms with Crippen LogP contribution in [-0.4, -0.2) is 0 Å². The van der Waals surface area contributed by atoms with Crippen molar-refractivity contribution in [3.8, 4) is 22.3 Å². The molecule has 0 heteroatoms. The third-order valence-corrected chi connectivity index (χ3v) is 3.55. The van der Waals surface area contributed by atoms with E-state index in [2.05, 4.69) is 80.6 Å². The second kappa shape index (κ2) is 5.34. The van der Waals surface area contributed by atoms with Crippen LogP contribution in [0.25, 0.3) is 22.3 Å². The highest BCUT2D eigenvalue weighted by atomic mass is 14.1. The molecule has 0 bridgehead atoms. The lowest BCUT2D eigenvalue weighted by Gasteiger charge is -2.07. The molecule has 0 radical (unpaired) electrons. The van der Waals surface area contributed by atoms with E-state index in [0.717, 1.165) is 0 Å². The van der Waals surface area contributed by atoms with Gasteiger partial charge in [0.05, 0.1) is 0 Å². The van der Waals surface area contributed by atoms with Crippen LogP contribution in [-0.2, 0) is 0 Å².